The summed E-state index contributed by atoms with van der Waals surface area (Å²) in [4.78, 5) is 17.0. The zero-order valence-electron chi connectivity index (χ0n) is 14.5. The van der Waals surface area contributed by atoms with Gasteiger partial charge in [-0.05, 0) is 24.3 Å². The standard InChI is InChI=1S/2C8H16N.HO3P/c2*1-5-7-9(3,4)8-6-2;1-4(2)3/h2*5-6H,1-2,7-8H2,3-4H3;(H,1,2,3)/q2*+1;/p-1. The van der Waals surface area contributed by atoms with Gasteiger partial charge in [-0.2, -0.15) is 0 Å². The maximum Gasteiger partial charge on any atom is 0.276 e. The van der Waals surface area contributed by atoms with Gasteiger partial charge in [-0.1, -0.05) is 30.9 Å². The van der Waals surface area contributed by atoms with Crippen LogP contribution in [0.15, 0.2) is 50.6 Å². The molecule has 0 saturated carbocycles. The second kappa shape index (κ2) is 14.8. The second-order valence-electron chi connectivity index (χ2n) is 5.98. The summed E-state index contributed by atoms with van der Waals surface area (Å²) in [7, 11) is 5.25. The molecule has 128 valence electrons. The zero-order chi connectivity index (χ0) is 18.2. The van der Waals surface area contributed by atoms with Gasteiger partial charge in [0.25, 0.3) is 8.25 Å². The SMILES string of the molecule is C=CC[N+](C)(C)CC=C.C=CC[N+](C)(C)CC=C.O=[P+]([O-])[O-]. The summed E-state index contributed by atoms with van der Waals surface area (Å²) in [6, 6.07) is 0. The third-order valence-corrected chi connectivity index (χ3v) is 2.49. The molecule has 0 unspecified atom stereocenters. The number of hydrogen-bond donors (Lipinski definition) is 0. The molecule has 0 saturated heterocycles. The molecule has 0 spiro atoms. The van der Waals surface area contributed by atoms with E-state index in [4.69, 9.17) is 14.4 Å². The van der Waals surface area contributed by atoms with Gasteiger partial charge in [0.15, 0.2) is 0 Å². The molecule has 0 fully saturated rings. The average Bonchev–Trinajstić information content (AvgIpc) is 2.28. The number of hydrogen-bond acceptors (Lipinski definition) is 3. The van der Waals surface area contributed by atoms with Crippen LogP contribution in [0.25, 0.3) is 0 Å². The summed E-state index contributed by atoms with van der Waals surface area (Å²) >= 11 is 0. The normalized spacial score (nSPS) is 10.1. The maximum absolute atomic E-state index is 8.48. The van der Waals surface area contributed by atoms with Crippen LogP contribution < -0.4 is 9.79 Å². The van der Waals surface area contributed by atoms with Gasteiger partial charge in [-0.3, -0.25) is 0 Å². The molecule has 5 nitrogen and oxygen atoms in total. The van der Waals surface area contributed by atoms with Crippen LogP contribution >= 0.6 is 8.25 Å². The predicted octanol–water partition coefficient (Wildman–Crippen LogP) is 1.23. The number of quaternary nitrogens is 2. The van der Waals surface area contributed by atoms with Crippen LogP contribution in [0.5, 0.6) is 0 Å². The van der Waals surface area contributed by atoms with Crippen molar-refractivity contribution in [1.29, 1.82) is 0 Å². The van der Waals surface area contributed by atoms with Crippen molar-refractivity contribution in [1.82, 2.24) is 0 Å². The van der Waals surface area contributed by atoms with E-state index in [1.54, 1.807) is 0 Å². The zero-order valence-corrected chi connectivity index (χ0v) is 15.4. The monoisotopic (exact) mass is 331 g/mol. The molecule has 0 aliphatic heterocycles. The first-order chi connectivity index (χ1) is 9.97. The van der Waals surface area contributed by atoms with Gasteiger partial charge in [0.1, 0.15) is 0 Å². The molecule has 0 aliphatic rings. The minimum atomic E-state index is -3.37. The van der Waals surface area contributed by atoms with Gasteiger partial charge < -0.3 is 18.8 Å². The molecule has 0 amide bonds. The Balaban J connectivity index is -0.000000266. The summed E-state index contributed by atoms with van der Waals surface area (Å²) in [6.07, 6.45) is 7.74. The van der Waals surface area contributed by atoms with Crippen LogP contribution in [0.2, 0.25) is 0 Å². The van der Waals surface area contributed by atoms with Crippen molar-refractivity contribution in [2.24, 2.45) is 0 Å². The van der Waals surface area contributed by atoms with E-state index >= 15 is 0 Å². The molecule has 0 heterocycles. The Bertz CT molecular complexity index is 297. The van der Waals surface area contributed by atoms with Gasteiger partial charge in [0.05, 0.1) is 54.4 Å². The van der Waals surface area contributed by atoms with Crippen LogP contribution in [0, 0.1) is 0 Å². The topological polar surface area (TPSA) is 63.2 Å². The molecular formula is C16H32N2O3P+. The first kappa shape index (κ1) is 25.8. The highest BCUT2D eigenvalue weighted by atomic mass is 31.1. The Hall–Kier alpha value is -1.10. The number of likely N-dealkylation sites (N-methyl/N-ethyl adjacent to an activating group) is 2. The summed E-state index contributed by atoms with van der Waals surface area (Å²) in [5, 5.41) is 0. The summed E-state index contributed by atoms with van der Waals surface area (Å²) in [5.41, 5.74) is 0. The quantitative estimate of drug-likeness (QED) is 0.382. The molecule has 0 N–H and O–H groups in total. The lowest BCUT2D eigenvalue weighted by Crippen LogP contribution is -2.39. The van der Waals surface area contributed by atoms with Crippen LogP contribution in [0.4, 0.5) is 0 Å². The van der Waals surface area contributed by atoms with Crippen molar-refractivity contribution >= 4 is 8.25 Å². The van der Waals surface area contributed by atoms with E-state index in [1.165, 1.54) is 0 Å². The van der Waals surface area contributed by atoms with Crippen LogP contribution in [0.1, 0.15) is 0 Å². The minimum absolute atomic E-state index is 0.951. The highest BCUT2D eigenvalue weighted by molar-refractivity contribution is 7.27. The van der Waals surface area contributed by atoms with E-state index in [0.29, 0.717) is 0 Å². The maximum atomic E-state index is 8.48. The van der Waals surface area contributed by atoms with E-state index in [2.05, 4.69) is 54.5 Å². The highest BCUT2D eigenvalue weighted by Gasteiger charge is 2.08. The van der Waals surface area contributed by atoms with Gasteiger partial charge in [-0.25, -0.2) is 0 Å². The number of rotatable bonds is 8. The van der Waals surface area contributed by atoms with Crippen molar-refractivity contribution < 1.29 is 23.3 Å². The molecule has 0 aliphatic carbocycles. The Kier molecular flexibility index (Phi) is 17.4. The Labute approximate surface area is 137 Å². The van der Waals surface area contributed by atoms with Crippen molar-refractivity contribution in [2.45, 2.75) is 0 Å². The van der Waals surface area contributed by atoms with Crippen molar-refractivity contribution in [2.75, 3.05) is 54.4 Å². The minimum Gasteiger partial charge on any atom is -0.598 e. The lowest BCUT2D eigenvalue weighted by molar-refractivity contribution is -0.878. The lowest BCUT2D eigenvalue weighted by atomic mass is 10.4. The van der Waals surface area contributed by atoms with E-state index < -0.39 is 8.25 Å². The van der Waals surface area contributed by atoms with E-state index in [0.717, 1.165) is 35.1 Å². The van der Waals surface area contributed by atoms with Crippen LogP contribution in [0.3, 0.4) is 0 Å². The third-order valence-electron chi connectivity index (χ3n) is 2.49. The second-order valence-corrected chi connectivity index (χ2v) is 6.43. The summed E-state index contributed by atoms with van der Waals surface area (Å²) < 4.78 is 10.4. The Morgan fingerprint density at radius 2 is 0.864 bits per heavy atom. The molecular weight excluding hydrogens is 299 g/mol. The van der Waals surface area contributed by atoms with E-state index in [9.17, 15) is 0 Å². The molecule has 6 heteroatoms. The van der Waals surface area contributed by atoms with Gasteiger partial charge in [0, 0.05) is 0 Å². The molecule has 0 rings (SSSR count). The van der Waals surface area contributed by atoms with Crippen molar-refractivity contribution in [3.63, 3.8) is 0 Å². The predicted molar refractivity (Wildman–Crippen MR) is 92.1 cm³/mol. The van der Waals surface area contributed by atoms with Crippen molar-refractivity contribution in [3.8, 4) is 0 Å². The van der Waals surface area contributed by atoms with E-state index in [1.807, 2.05) is 24.3 Å². The fraction of sp³-hybridized carbons (Fsp3) is 0.500. The molecule has 0 aromatic carbocycles. The van der Waals surface area contributed by atoms with E-state index in [-0.39, 0.29) is 0 Å². The molecule has 0 aromatic rings. The molecule has 0 bridgehead atoms. The van der Waals surface area contributed by atoms with Crippen molar-refractivity contribution in [3.05, 3.63) is 50.6 Å². The van der Waals surface area contributed by atoms with Crippen LogP contribution in [-0.4, -0.2) is 63.3 Å². The Morgan fingerprint density at radius 1 is 0.727 bits per heavy atom. The third kappa shape index (κ3) is 27.3. The fourth-order valence-electron chi connectivity index (χ4n) is 1.55. The fourth-order valence-corrected chi connectivity index (χ4v) is 1.55. The molecule has 22 heavy (non-hydrogen) atoms. The molecule has 0 aromatic heterocycles. The summed E-state index contributed by atoms with van der Waals surface area (Å²) in [5.74, 6) is 0. The lowest BCUT2D eigenvalue weighted by Gasteiger charge is -2.26. The summed E-state index contributed by atoms with van der Waals surface area (Å²) in [6.45, 7) is 18.7. The first-order valence-corrected chi connectivity index (χ1v) is 7.96. The Morgan fingerprint density at radius 3 is 0.955 bits per heavy atom. The number of nitrogens with zero attached hydrogens (tertiary/aromatic N) is 2. The van der Waals surface area contributed by atoms with Gasteiger partial charge in [0.2, 0.25) is 0 Å². The first-order valence-electron chi connectivity index (χ1n) is 6.87. The van der Waals surface area contributed by atoms with Crippen LogP contribution in [-0.2, 0) is 4.57 Å². The van der Waals surface area contributed by atoms with Gasteiger partial charge >= 0.3 is 0 Å². The molecule has 0 atom stereocenters. The molecule has 0 radical (unpaired) electrons. The van der Waals surface area contributed by atoms with Gasteiger partial charge in [-0.15, -0.1) is 0 Å². The largest absolute Gasteiger partial charge is 0.598 e. The average molecular weight is 331 g/mol. The highest BCUT2D eigenvalue weighted by Crippen LogP contribution is 1.95. The smallest absolute Gasteiger partial charge is 0.276 e.